The second-order valence-corrected chi connectivity index (χ2v) is 4.98. The Morgan fingerprint density at radius 2 is 1.53 bits per heavy atom. The van der Waals surface area contributed by atoms with Crippen molar-refractivity contribution in [1.29, 1.82) is 0 Å². The van der Waals surface area contributed by atoms with Crippen molar-refractivity contribution in [2.75, 3.05) is 20.1 Å². The molecule has 0 N–H and O–H groups in total. The average Bonchev–Trinajstić information content (AvgIpc) is 2.18. The highest BCUT2D eigenvalue weighted by Crippen LogP contribution is 2.39. The molecule has 0 spiro atoms. The maximum absolute atomic E-state index is 2.42. The van der Waals surface area contributed by atoms with Crippen LogP contribution in [0.1, 0.15) is 24.0 Å². The Labute approximate surface area is 109 Å². The quantitative estimate of drug-likeness (QED) is 0.448. The number of hydrogen-bond acceptors (Lipinski definition) is 0. The minimum atomic E-state index is 0. The molecule has 0 aromatic heterocycles. The number of para-hydroxylation sites is 1. The zero-order chi connectivity index (χ0) is 9.60. The van der Waals surface area contributed by atoms with Gasteiger partial charge in [0.15, 0.2) is 0 Å². The highest BCUT2D eigenvalue weighted by atomic mass is 127. The second kappa shape index (κ2) is 4.06. The highest BCUT2D eigenvalue weighted by molar-refractivity contribution is 5.59. The lowest BCUT2D eigenvalue weighted by Gasteiger charge is -2.42. The van der Waals surface area contributed by atoms with Gasteiger partial charge < -0.3 is 24.0 Å². The number of nitrogens with zero attached hydrogens (tertiary/aromatic N) is 1. The predicted octanol–water partition coefficient (Wildman–Crippen LogP) is -0.480. The van der Waals surface area contributed by atoms with Gasteiger partial charge in [0.25, 0.3) is 0 Å². The van der Waals surface area contributed by atoms with E-state index in [1.807, 2.05) is 0 Å². The normalized spacial score (nSPS) is 21.4. The first-order valence-electron chi connectivity index (χ1n) is 5.75. The Morgan fingerprint density at radius 3 is 2.07 bits per heavy atom. The molecular formula is C13H18IN. The van der Waals surface area contributed by atoms with E-state index in [0.717, 1.165) is 0 Å². The summed E-state index contributed by atoms with van der Waals surface area (Å²) in [7, 11) is 2.42. The maximum atomic E-state index is 2.42. The van der Waals surface area contributed by atoms with Gasteiger partial charge in [-0.15, -0.1) is 0 Å². The number of quaternary nitrogens is 1. The van der Waals surface area contributed by atoms with Crippen molar-refractivity contribution in [3.05, 3.63) is 29.3 Å². The van der Waals surface area contributed by atoms with Crippen LogP contribution in [0.4, 0.5) is 5.69 Å². The third kappa shape index (κ3) is 1.72. The van der Waals surface area contributed by atoms with E-state index in [-0.39, 0.29) is 24.0 Å². The summed E-state index contributed by atoms with van der Waals surface area (Å²) in [5.74, 6) is 0. The third-order valence-electron chi connectivity index (χ3n) is 3.94. The van der Waals surface area contributed by atoms with Crippen LogP contribution >= 0.6 is 0 Å². The van der Waals surface area contributed by atoms with Gasteiger partial charge in [-0.05, 0) is 12.8 Å². The molecule has 1 aromatic rings. The van der Waals surface area contributed by atoms with Gasteiger partial charge in [-0.3, -0.25) is 4.48 Å². The van der Waals surface area contributed by atoms with E-state index in [1.54, 1.807) is 16.8 Å². The summed E-state index contributed by atoms with van der Waals surface area (Å²) in [5, 5.41) is 0. The van der Waals surface area contributed by atoms with Gasteiger partial charge in [-0.2, -0.15) is 0 Å². The van der Waals surface area contributed by atoms with Crippen LogP contribution in [0.15, 0.2) is 18.2 Å². The van der Waals surface area contributed by atoms with Crippen LogP contribution in [-0.2, 0) is 12.8 Å². The lowest BCUT2D eigenvalue weighted by Crippen LogP contribution is -3.00. The van der Waals surface area contributed by atoms with Gasteiger partial charge in [0.05, 0.1) is 20.1 Å². The van der Waals surface area contributed by atoms with Gasteiger partial charge in [0.1, 0.15) is 5.69 Å². The van der Waals surface area contributed by atoms with Crippen molar-refractivity contribution in [2.45, 2.75) is 25.7 Å². The smallest absolute Gasteiger partial charge is 0.139 e. The zero-order valence-electron chi connectivity index (χ0n) is 9.30. The van der Waals surface area contributed by atoms with E-state index in [4.69, 9.17) is 0 Å². The third-order valence-corrected chi connectivity index (χ3v) is 3.94. The summed E-state index contributed by atoms with van der Waals surface area (Å²) < 4.78 is 1.21. The SMILES string of the molecule is C[N+]12CCCc3cccc(c31)CCC2.[I-]. The Bertz CT molecular complexity index is 345. The Morgan fingerprint density at radius 1 is 1.00 bits per heavy atom. The van der Waals surface area contributed by atoms with Gasteiger partial charge in [0.2, 0.25) is 0 Å². The summed E-state index contributed by atoms with van der Waals surface area (Å²) in [5.41, 5.74) is 4.91. The summed E-state index contributed by atoms with van der Waals surface area (Å²) in [6, 6.07) is 6.91. The van der Waals surface area contributed by atoms with Gasteiger partial charge >= 0.3 is 0 Å². The lowest BCUT2D eigenvalue weighted by molar-refractivity contribution is -0.00000299. The lowest BCUT2D eigenvalue weighted by atomic mass is 9.90. The van der Waals surface area contributed by atoms with Gasteiger partial charge in [-0.1, -0.05) is 18.2 Å². The first-order valence-corrected chi connectivity index (χ1v) is 5.75. The molecule has 1 aromatic carbocycles. The number of aryl methyl sites for hydroxylation is 2. The van der Waals surface area contributed by atoms with Gasteiger partial charge in [0, 0.05) is 24.0 Å². The molecule has 0 aliphatic carbocycles. The van der Waals surface area contributed by atoms with Crippen LogP contribution in [0, 0.1) is 0 Å². The maximum Gasteiger partial charge on any atom is 0.139 e. The molecule has 0 amide bonds. The van der Waals surface area contributed by atoms with Crippen LogP contribution in [0.5, 0.6) is 0 Å². The summed E-state index contributed by atoms with van der Waals surface area (Å²) in [4.78, 5) is 0. The fourth-order valence-corrected chi connectivity index (χ4v) is 3.31. The minimum Gasteiger partial charge on any atom is -1.00 e. The summed E-state index contributed by atoms with van der Waals surface area (Å²) in [6.45, 7) is 2.70. The number of halogens is 1. The van der Waals surface area contributed by atoms with E-state index in [0.29, 0.717) is 0 Å². The van der Waals surface area contributed by atoms with Gasteiger partial charge in [-0.25, -0.2) is 0 Å². The first-order chi connectivity index (χ1) is 6.80. The molecule has 0 saturated heterocycles. The predicted molar refractivity (Wildman–Crippen MR) is 60.5 cm³/mol. The van der Waals surface area contributed by atoms with Crippen LogP contribution < -0.4 is 28.5 Å². The number of hydrogen-bond donors (Lipinski definition) is 0. The molecule has 0 radical (unpaired) electrons. The molecule has 2 aliphatic heterocycles. The molecule has 2 heterocycles. The monoisotopic (exact) mass is 315 g/mol. The molecule has 0 saturated carbocycles. The van der Waals surface area contributed by atoms with Crippen LogP contribution in [-0.4, -0.2) is 20.1 Å². The molecule has 2 aliphatic rings. The van der Waals surface area contributed by atoms with E-state index >= 15 is 0 Å². The van der Waals surface area contributed by atoms with Crippen LogP contribution in [0.25, 0.3) is 0 Å². The summed E-state index contributed by atoms with van der Waals surface area (Å²) >= 11 is 0. The molecule has 82 valence electrons. The van der Waals surface area contributed by atoms with E-state index in [1.165, 1.54) is 43.3 Å². The van der Waals surface area contributed by atoms with Crippen molar-refractivity contribution in [2.24, 2.45) is 0 Å². The fraction of sp³-hybridized carbons (Fsp3) is 0.538. The van der Waals surface area contributed by atoms with Crippen molar-refractivity contribution in [1.82, 2.24) is 4.48 Å². The largest absolute Gasteiger partial charge is 1.00 e. The summed E-state index contributed by atoms with van der Waals surface area (Å²) in [6.07, 6.45) is 5.34. The Balaban J connectivity index is 0.000000853. The van der Waals surface area contributed by atoms with Crippen molar-refractivity contribution in [3.63, 3.8) is 0 Å². The van der Waals surface area contributed by atoms with Crippen molar-refractivity contribution < 1.29 is 24.0 Å². The zero-order valence-corrected chi connectivity index (χ0v) is 11.5. The van der Waals surface area contributed by atoms with Crippen LogP contribution in [0.3, 0.4) is 0 Å². The van der Waals surface area contributed by atoms with E-state index in [2.05, 4.69) is 25.2 Å². The fourth-order valence-electron chi connectivity index (χ4n) is 3.31. The molecule has 0 bridgehead atoms. The first kappa shape index (κ1) is 11.4. The van der Waals surface area contributed by atoms with Crippen molar-refractivity contribution >= 4 is 5.69 Å². The number of benzene rings is 1. The van der Waals surface area contributed by atoms with Crippen molar-refractivity contribution in [3.8, 4) is 0 Å². The molecule has 1 nitrogen and oxygen atoms in total. The number of rotatable bonds is 0. The molecule has 0 unspecified atom stereocenters. The second-order valence-electron chi connectivity index (χ2n) is 4.98. The Hall–Kier alpha value is -0.0900. The van der Waals surface area contributed by atoms with E-state index < -0.39 is 0 Å². The van der Waals surface area contributed by atoms with E-state index in [9.17, 15) is 0 Å². The molecule has 0 fully saturated rings. The molecule has 2 heteroatoms. The molecule has 3 rings (SSSR count). The molecule has 0 atom stereocenters. The highest BCUT2D eigenvalue weighted by Gasteiger charge is 2.35. The van der Waals surface area contributed by atoms with Crippen LogP contribution in [0.2, 0.25) is 0 Å². The average molecular weight is 315 g/mol. The standard InChI is InChI=1S/C13H18N.HI/c1-14-9-3-7-11-5-2-6-12(13(11)14)8-4-10-14;/h2,5-6H,3-4,7-10H2,1H3;1H/q+1;/p-1. The molecule has 15 heavy (non-hydrogen) atoms. The topological polar surface area (TPSA) is 0 Å². The molecular weight excluding hydrogens is 297 g/mol. The Kier molecular flexibility index (Phi) is 3.08. The minimum absolute atomic E-state index is 0.